The first-order valence-corrected chi connectivity index (χ1v) is 6.26. The van der Waals surface area contributed by atoms with Crippen molar-refractivity contribution in [2.45, 2.75) is 39.0 Å². The zero-order chi connectivity index (χ0) is 10.7. The fraction of sp³-hybridized carbons (Fsp3) is 0.917. The Bertz CT molecular complexity index is 230. The van der Waals surface area contributed by atoms with E-state index in [-0.39, 0.29) is 11.3 Å². The first-order chi connectivity index (χ1) is 7.27. The molecule has 15 heavy (non-hydrogen) atoms. The quantitative estimate of drug-likeness (QED) is 0.718. The minimum absolute atomic E-state index is 0.108. The van der Waals surface area contributed by atoms with Crippen LogP contribution in [0.5, 0.6) is 0 Å². The summed E-state index contributed by atoms with van der Waals surface area (Å²) < 4.78 is 0. The summed E-state index contributed by atoms with van der Waals surface area (Å²) in [5, 5.41) is 6.40. The number of nitrogens with one attached hydrogen (secondary N) is 2. The Kier molecular flexibility index (Phi) is 3.29. The lowest BCUT2D eigenvalue weighted by atomic mass is 9.83. The molecule has 1 unspecified atom stereocenters. The fourth-order valence-electron chi connectivity index (χ4n) is 2.38. The Balaban J connectivity index is 1.76. The topological polar surface area (TPSA) is 41.1 Å². The van der Waals surface area contributed by atoms with Gasteiger partial charge in [-0.15, -0.1) is 0 Å². The molecule has 86 valence electrons. The van der Waals surface area contributed by atoms with Gasteiger partial charge in [0.05, 0.1) is 5.41 Å². The van der Waals surface area contributed by atoms with Gasteiger partial charge in [0.1, 0.15) is 0 Å². The van der Waals surface area contributed by atoms with Crippen molar-refractivity contribution in [1.29, 1.82) is 0 Å². The second-order valence-electron chi connectivity index (χ2n) is 5.05. The standard InChI is InChI=1S/C12H22N2O/c1-2-12(6-8-13-9-12)11(15)14-7-5-10-3-4-10/h10,13H,2-9H2,1H3,(H,14,15). The molecule has 1 heterocycles. The minimum Gasteiger partial charge on any atom is -0.356 e. The Morgan fingerprint density at radius 3 is 2.87 bits per heavy atom. The summed E-state index contributed by atoms with van der Waals surface area (Å²) in [4.78, 5) is 12.0. The summed E-state index contributed by atoms with van der Waals surface area (Å²) in [6.45, 7) is 4.85. The van der Waals surface area contributed by atoms with Crippen LogP contribution in [0.1, 0.15) is 39.0 Å². The summed E-state index contributed by atoms with van der Waals surface area (Å²) in [7, 11) is 0. The maximum absolute atomic E-state index is 12.0. The fourth-order valence-corrected chi connectivity index (χ4v) is 2.38. The van der Waals surface area contributed by atoms with Crippen LogP contribution in [0.3, 0.4) is 0 Å². The molecule has 1 aliphatic heterocycles. The maximum Gasteiger partial charge on any atom is 0.227 e. The number of carbonyl (C=O) groups excluding carboxylic acids is 1. The molecule has 0 aromatic heterocycles. The van der Waals surface area contributed by atoms with Gasteiger partial charge in [0, 0.05) is 13.1 Å². The summed E-state index contributed by atoms with van der Waals surface area (Å²) in [6.07, 6.45) is 5.87. The van der Waals surface area contributed by atoms with Crippen LogP contribution in [0, 0.1) is 11.3 Å². The van der Waals surface area contributed by atoms with Crippen LogP contribution in [-0.2, 0) is 4.79 Å². The SMILES string of the molecule is CCC1(C(=O)NCCC2CC2)CCNC1. The lowest BCUT2D eigenvalue weighted by Crippen LogP contribution is -2.42. The highest BCUT2D eigenvalue weighted by molar-refractivity contribution is 5.83. The van der Waals surface area contributed by atoms with E-state index < -0.39 is 0 Å². The highest BCUT2D eigenvalue weighted by Gasteiger charge is 2.39. The van der Waals surface area contributed by atoms with Crippen LogP contribution in [-0.4, -0.2) is 25.5 Å². The molecule has 2 aliphatic rings. The summed E-state index contributed by atoms with van der Waals surface area (Å²) in [5.41, 5.74) is -0.108. The predicted octanol–water partition coefficient (Wildman–Crippen LogP) is 1.29. The molecule has 0 radical (unpaired) electrons. The Morgan fingerprint density at radius 2 is 2.33 bits per heavy atom. The molecule has 2 rings (SSSR count). The van der Waals surface area contributed by atoms with E-state index in [9.17, 15) is 4.79 Å². The van der Waals surface area contributed by atoms with Crippen molar-refractivity contribution in [2.24, 2.45) is 11.3 Å². The van der Waals surface area contributed by atoms with Gasteiger partial charge in [0.2, 0.25) is 5.91 Å². The van der Waals surface area contributed by atoms with Gasteiger partial charge in [-0.3, -0.25) is 4.79 Å². The Hall–Kier alpha value is -0.570. The van der Waals surface area contributed by atoms with Gasteiger partial charge < -0.3 is 10.6 Å². The predicted molar refractivity (Wildman–Crippen MR) is 60.6 cm³/mol. The third-order valence-electron chi connectivity index (χ3n) is 3.94. The molecule has 0 aromatic rings. The van der Waals surface area contributed by atoms with Crippen molar-refractivity contribution in [3.63, 3.8) is 0 Å². The van der Waals surface area contributed by atoms with Gasteiger partial charge >= 0.3 is 0 Å². The van der Waals surface area contributed by atoms with Crippen LogP contribution in [0.25, 0.3) is 0 Å². The second kappa shape index (κ2) is 4.52. The van der Waals surface area contributed by atoms with Crippen LogP contribution in [0.4, 0.5) is 0 Å². The Morgan fingerprint density at radius 1 is 1.53 bits per heavy atom. The third-order valence-corrected chi connectivity index (χ3v) is 3.94. The van der Waals surface area contributed by atoms with Gasteiger partial charge in [-0.2, -0.15) is 0 Å². The number of carbonyl (C=O) groups is 1. The average molecular weight is 210 g/mol. The molecule has 2 N–H and O–H groups in total. The molecule has 1 atom stereocenters. The van der Waals surface area contributed by atoms with Crippen LogP contribution in [0.2, 0.25) is 0 Å². The molecule has 3 heteroatoms. The summed E-state index contributed by atoms with van der Waals surface area (Å²) in [6, 6.07) is 0. The lowest BCUT2D eigenvalue weighted by Gasteiger charge is -2.25. The van der Waals surface area contributed by atoms with Crippen molar-refractivity contribution < 1.29 is 4.79 Å². The molecule has 1 aliphatic carbocycles. The van der Waals surface area contributed by atoms with E-state index in [0.29, 0.717) is 0 Å². The van der Waals surface area contributed by atoms with Crippen molar-refractivity contribution in [3.8, 4) is 0 Å². The van der Waals surface area contributed by atoms with Crippen molar-refractivity contribution in [1.82, 2.24) is 10.6 Å². The van der Waals surface area contributed by atoms with Crippen molar-refractivity contribution >= 4 is 5.91 Å². The molecule has 0 aromatic carbocycles. The smallest absolute Gasteiger partial charge is 0.227 e. The highest BCUT2D eigenvalue weighted by Crippen LogP contribution is 2.32. The molecule has 2 fully saturated rings. The van der Waals surface area contributed by atoms with Crippen LogP contribution in [0.15, 0.2) is 0 Å². The zero-order valence-electron chi connectivity index (χ0n) is 9.64. The van der Waals surface area contributed by atoms with E-state index in [1.165, 1.54) is 19.3 Å². The van der Waals surface area contributed by atoms with E-state index in [0.717, 1.165) is 38.4 Å². The van der Waals surface area contributed by atoms with E-state index >= 15 is 0 Å². The lowest BCUT2D eigenvalue weighted by molar-refractivity contribution is -0.130. The summed E-state index contributed by atoms with van der Waals surface area (Å²) >= 11 is 0. The van der Waals surface area contributed by atoms with E-state index in [1.807, 2.05) is 0 Å². The average Bonchev–Trinajstić information content (AvgIpc) is 2.94. The summed E-state index contributed by atoms with van der Waals surface area (Å²) in [5.74, 6) is 1.18. The molecular formula is C12H22N2O. The third kappa shape index (κ3) is 2.51. The molecule has 1 saturated carbocycles. The molecule has 0 spiro atoms. The van der Waals surface area contributed by atoms with Gasteiger partial charge in [-0.1, -0.05) is 19.8 Å². The highest BCUT2D eigenvalue weighted by atomic mass is 16.2. The second-order valence-corrected chi connectivity index (χ2v) is 5.05. The number of hydrogen-bond donors (Lipinski definition) is 2. The van der Waals surface area contributed by atoms with Gasteiger partial charge in [-0.25, -0.2) is 0 Å². The Labute approximate surface area is 92.0 Å². The van der Waals surface area contributed by atoms with E-state index in [4.69, 9.17) is 0 Å². The van der Waals surface area contributed by atoms with Crippen LogP contribution < -0.4 is 10.6 Å². The van der Waals surface area contributed by atoms with Crippen molar-refractivity contribution in [3.05, 3.63) is 0 Å². The van der Waals surface area contributed by atoms with E-state index in [2.05, 4.69) is 17.6 Å². The normalized spacial score (nSPS) is 30.5. The number of hydrogen-bond acceptors (Lipinski definition) is 2. The number of amides is 1. The van der Waals surface area contributed by atoms with Gasteiger partial charge in [0.15, 0.2) is 0 Å². The monoisotopic (exact) mass is 210 g/mol. The number of rotatable bonds is 5. The van der Waals surface area contributed by atoms with E-state index in [1.54, 1.807) is 0 Å². The minimum atomic E-state index is -0.108. The zero-order valence-corrected chi connectivity index (χ0v) is 9.64. The molecule has 3 nitrogen and oxygen atoms in total. The largest absolute Gasteiger partial charge is 0.356 e. The molecule has 1 amide bonds. The first-order valence-electron chi connectivity index (χ1n) is 6.26. The first kappa shape index (κ1) is 10.9. The van der Waals surface area contributed by atoms with Crippen LogP contribution >= 0.6 is 0 Å². The van der Waals surface area contributed by atoms with Gasteiger partial charge in [-0.05, 0) is 31.7 Å². The molecule has 0 bridgehead atoms. The van der Waals surface area contributed by atoms with Gasteiger partial charge in [0.25, 0.3) is 0 Å². The van der Waals surface area contributed by atoms with Crippen molar-refractivity contribution in [2.75, 3.05) is 19.6 Å². The molecular weight excluding hydrogens is 188 g/mol. The maximum atomic E-state index is 12.0. The molecule has 1 saturated heterocycles.